The normalized spacial score (nSPS) is 10.7. The molecule has 1 heterocycles. The first-order valence-electron chi connectivity index (χ1n) is 5.65. The summed E-state index contributed by atoms with van der Waals surface area (Å²) in [4.78, 5) is 14.5. The van der Waals surface area contributed by atoms with E-state index in [9.17, 15) is 4.79 Å². The van der Waals surface area contributed by atoms with Crippen molar-refractivity contribution in [3.05, 3.63) is 45.6 Å². The van der Waals surface area contributed by atoms with E-state index < -0.39 is 0 Å². The number of rotatable bonds is 4. The van der Waals surface area contributed by atoms with Gasteiger partial charge in [0, 0.05) is 11.4 Å². The molecule has 0 radical (unpaired) electrons. The van der Waals surface area contributed by atoms with Crippen LogP contribution in [0.5, 0.6) is 0 Å². The van der Waals surface area contributed by atoms with E-state index >= 15 is 0 Å². The van der Waals surface area contributed by atoms with Crippen molar-refractivity contribution in [2.75, 3.05) is 0 Å². The molecule has 0 spiro atoms. The van der Waals surface area contributed by atoms with Crippen molar-refractivity contribution in [1.29, 1.82) is 0 Å². The Kier molecular flexibility index (Phi) is 3.64. The van der Waals surface area contributed by atoms with Crippen molar-refractivity contribution < 1.29 is 0 Å². The van der Waals surface area contributed by atoms with E-state index in [0.29, 0.717) is 10.7 Å². The summed E-state index contributed by atoms with van der Waals surface area (Å²) in [5.41, 5.74) is 0.458. The summed E-state index contributed by atoms with van der Waals surface area (Å²) in [5, 5.41) is 4.84. The van der Waals surface area contributed by atoms with E-state index in [2.05, 4.69) is 17.0 Å². The Morgan fingerprint density at radius 1 is 1.47 bits per heavy atom. The van der Waals surface area contributed by atoms with E-state index in [4.69, 9.17) is 11.6 Å². The van der Waals surface area contributed by atoms with Crippen LogP contribution in [0.4, 0.5) is 0 Å². The van der Waals surface area contributed by atoms with Crippen LogP contribution < -0.4 is 5.69 Å². The molecule has 1 aromatic carbocycles. The Morgan fingerprint density at radius 2 is 2.29 bits per heavy atom. The van der Waals surface area contributed by atoms with Crippen molar-refractivity contribution >= 4 is 11.6 Å². The SMILES string of the molecule is CCCCc1nn(-c2cccc(Cl)c2)c(=O)[nH]1. The zero-order chi connectivity index (χ0) is 12.3. The number of H-pyrrole nitrogens is 1. The highest BCUT2D eigenvalue weighted by Gasteiger charge is 2.06. The molecule has 0 bridgehead atoms. The number of aromatic amines is 1. The number of nitrogens with one attached hydrogen (secondary N) is 1. The average Bonchev–Trinajstić information content (AvgIpc) is 2.68. The highest BCUT2D eigenvalue weighted by atomic mass is 35.5. The van der Waals surface area contributed by atoms with Crippen LogP contribution in [0.1, 0.15) is 25.6 Å². The minimum Gasteiger partial charge on any atom is -0.292 e. The lowest BCUT2D eigenvalue weighted by Crippen LogP contribution is -2.15. The summed E-state index contributed by atoms with van der Waals surface area (Å²) >= 11 is 5.88. The number of halogens is 1. The van der Waals surface area contributed by atoms with Gasteiger partial charge in [-0.2, -0.15) is 9.78 Å². The number of unbranched alkanes of at least 4 members (excludes halogenated alkanes) is 1. The van der Waals surface area contributed by atoms with Crippen LogP contribution in [0, 0.1) is 0 Å². The molecule has 1 aromatic heterocycles. The van der Waals surface area contributed by atoms with Gasteiger partial charge in [0.05, 0.1) is 5.69 Å². The minimum atomic E-state index is -0.224. The lowest BCUT2D eigenvalue weighted by Gasteiger charge is -1.99. The van der Waals surface area contributed by atoms with Gasteiger partial charge in [-0.15, -0.1) is 0 Å². The molecule has 0 aliphatic heterocycles. The Labute approximate surface area is 104 Å². The van der Waals surface area contributed by atoms with Gasteiger partial charge in [0.15, 0.2) is 0 Å². The van der Waals surface area contributed by atoms with Crippen LogP contribution in [0.25, 0.3) is 5.69 Å². The molecule has 0 saturated heterocycles. The second-order valence-corrected chi connectivity index (χ2v) is 4.31. The van der Waals surface area contributed by atoms with Crippen molar-refractivity contribution in [2.45, 2.75) is 26.2 Å². The predicted octanol–water partition coefficient (Wildman–Crippen LogP) is 2.56. The van der Waals surface area contributed by atoms with Crippen LogP contribution in [-0.4, -0.2) is 14.8 Å². The molecule has 0 unspecified atom stereocenters. The standard InChI is InChI=1S/C12H14ClN3O/c1-2-3-7-11-14-12(17)16(15-11)10-6-4-5-9(13)8-10/h4-6,8H,2-3,7H2,1H3,(H,14,15,17). The van der Waals surface area contributed by atoms with Gasteiger partial charge in [0.1, 0.15) is 5.82 Å². The molecule has 0 amide bonds. The largest absolute Gasteiger partial charge is 0.348 e. The first-order valence-corrected chi connectivity index (χ1v) is 6.02. The molecule has 0 fully saturated rings. The molecule has 0 aliphatic carbocycles. The number of hydrogen-bond donors (Lipinski definition) is 1. The van der Waals surface area contributed by atoms with Gasteiger partial charge in [-0.3, -0.25) is 4.98 Å². The van der Waals surface area contributed by atoms with Crippen LogP contribution in [0.2, 0.25) is 5.02 Å². The highest BCUT2D eigenvalue weighted by Crippen LogP contribution is 2.12. The van der Waals surface area contributed by atoms with Gasteiger partial charge in [0.25, 0.3) is 0 Å². The quantitative estimate of drug-likeness (QED) is 0.908. The van der Waals surface area contributed by atoms with Crippen LogP contribution in [0.3, 0.4) is 0 Å². The number of hydrogen-bond acceptors (Lipinski definition) is 2. The monoisotopic (exact) mass is 251 g/mol. The van der Waals surface area contributed by atoms with Gasteiger partial charge in [-0.05, 0) is 24.6 Å². The maximum absolute atomic E-state index is 11.7. The van der Waals surface area contributed by atoms with Crippen LogP contribution >= 0.6 is 11.6 Å². The van der Waals surface area contributed by atoms with Crippen molar-refractivity contribution in [3.63, 3.8) is 0 Å². The molecule has 2 rings (SSSR count). The van der Waals surface area contributed by atoms with Crippen LogP contribution in [-0.2, 0) is 6.42 Å². The van der Waals surface area contributed by atoms with Crippen molar-refractivity contribution in [1.82, 2.24) is 14.8 Å². The third kappa shape index (κ3) is 2.77. The first-order chi connectivity index (χ1) is 8.20. The molecule has 2 aromatic rings. The lowest BCUT2D eigenvalue weighted by molar-refractivity contribution is 0.740. The van der Waals surface area contributed by atoms with Gasteiger partial charge >= 0.3 is 5.69 Å². The fourth-order valence-corrected chi connectivity index (χ4v) is 1.79. The second kappa shape index (κ2) is 5.19. The lowest BCUT2D eigenvalue weighted by atomic mass is 10.2. The van der Waals surface area contributed by atoms with E-state index in [1.807, 2.05) is 0 Å². The Bertz CT molecular complexity index is 559. The van der Waals surface area contributed by atoms with Gasteiger partial charge < -0.3 is 0 Å². The average molecular weight is 252 g/mol. The van der Waals surface area contributed by atoms with E-state index in [0.717, 1.165) is 25.1 Å². The molecular formula is C12H14ClN3O. The summed E-state index contributed by atoms with van der Waals surface area (Å²) < 4.78 is 1.34. The predicted molar refractivity (Wildman–Crippen MR) is 67.8 cm³/mol. The number of benzene rings is 1. The summed E-state index contributed by atoms with van der Waals surface area (Å²) in [5.74, 6) is 0.719. The van der Waals surface area contributed by atoms with E-state index in [-0.39, 0.29) is 5.69 Å². The Hall–Kier alpha value is -1.55. The molecule has 4 nitrogen and oxygen atoms in total. The van der Waals surface area contributed by atoms with Crippen molar-refractivity contribution in [3.8, 4) is 5.69 Å². The molecule has 5 heteroatoms. The third-order valence-corrected chi connectivity index (χ3v) is 2.72. The number of aromatic nitrogens is 3. The number of aryl methyl sites for hydroxylation is 1. The third-order valence-electron chi connectivity index (χ3n) is 2.48. The van der Waals surface area contributed by atoms with Gasteiger partial charge in [0.2, 0.25) is 0 Å². The maximum Gasteiger partial charge on any atom is 0.348 e. The van der Waals surface area contributed by atoms with Crippen LogP contribution in [0.15, 0.2) is 29.1 Å². The zero-order valence-corrected chi connectivity index (χ0v) is 10.4. The molecular weight excluding hydrogens is 238 g/mol. The minimum absolute atomic E-state index is 0.224. The summed E-state index contributed by atoms with van der Waals surface area (Å²) in [7, 11) is 0. The highest BCUT2D eigenvalue weighted by molar-refractivity contribution is 6.30. The summed E-state index contributed by atoms with van der Waals surface area (Å²) in [6.45, 7) is 2.10. The van der Waals surface area contributed by atoms with Gasteiger partial charge in [-0.1, -0.05) is 31.0 Å². The molecule has 0 atom stereocenters. The van der Waals surface area contributed by atoms with Gasteiger partial charge in [-0.25, -0.2) is 4.79 Å². The molecule has 0 aliphatic rings. The molecule has 90 valence electrons. The first kappa shape index (κ1) is 11.9. The molecule has 1 N–H and O–H groups in total. The summed E-state index contributed by atoms with van der Waals surface area (Å²) in [6, 6.07) is 7.08. The maximum atomic E-state index is 11.7. The number of nitrogens with zero attached hydrogens (tertiary/aromatic N) is 2. The molecule has 17 heavy (non-hydrogen) atoms. The fourth-order valence-electron chi connectivity index (χ4n) is 1.61. The topological polar surface area (TPSA) is 50.7 Å². The fraction of sp³-hybridized carbons (Fsp3) is 0.333. The smallest absolute Gasteiger partial charge is 0.292 e. The molecule has 0 saturated carbocycles. The zero-order valence-electron chi connectivity index (χ0n) is 9.61. The van der Waals surface area contributed by atoms with E-state index in [1.54, 1.807) is 24.3 Å². The Morgan fingerprint density at radius 3 is 3.00 bits per heavy atom. The van der Waals surface area contributed by atoms with Crippen molar-refractivity contribution in [2.24, 2.45) is 0 Å². The summed E-state index contributed by atoms with van der Waals surface area (Å²) in [6.07, 6.45) is 2.88. The Balaban J connectivity index is 2.33. The second-order valence-electron chi connectivity index (χ2n) is 3.87. The van der Waals surface area contributed by atoms with E-state index in [1.165, 1.54) is 4.68 Å².